The van der Waals surface area contributed by atoms with Crippen molar-refractivity contribution in [1.29, 1.82) is 0 Å². The largest absolute Gasteiger partial charge is 0.378 e. The van der Waals surface area contributed by atoms with Gasteiger partial charge < -0.3 is 20.7 Å². The summed E-state index contributed by atoms with van der Waals surface area (Å²) in [5.74, 6) is 1.66. The molecule has 4 rings (SSSR count). The first-order valence-corrected chi connectivity index (χ1v) is 8.85. The Hall–Kier alpha value is -3.26. The molecule has 138 valence electrons. The number of ether oxygens (including phenoxy) is 1. The zero-order valence-corrected chi connectivity index (χ0v) is 14.9. The molecule has 1 saturated heterocycles. The number of hydrogen-bond donors (Lipinski definition) is 2. The van der Waals surface area contributed by atoms with Crippen molar-refractivity contribution < 1.29 is 4.74 Å². The average Bonchev–Trinajstić information content (AvgIpc) is 2.74. The highest BCUT2D eigenvalue weighted by Gasteiger charge is 2.16. The maximum Gasteiger partial charge on any atom is 0.228 e. The number of aromatic nitrogens is 4. The fourth-order valence-electron chi connectivity index (χ4n) is 2.84. The predicted molar refractivity (Wildman–Crippen MR) is 104 cm³/mol. The molecule has 1 fully saturated rings. The first-order chi connectivity index (χ1) is 13.3. The Kier molecular flexibility index (Phi) is 5.06. The van der Waals surface area contributed by atoms with Gasteiger partial charge in [-0.3, -0.25) is 0 Å². The number of anilines is 3. The second-order valence-electron chi connectivity index (χ2n) is 6.21. The molecule has 3 aromatic rings. The Labute approximate surface area is 157 Å². The van der Waals surface area contributed by atoms with Gasteiger partial charge in [0, 0.05) is 43.7 Å². The van der Waals surface area contributed by atoms with E-state index in [1.165, 1.54) is 5.56 Å². The zero-order valence-electron chi connectivity index (χ0n) is 14.9. The second-order valence-corrected chi connectivity index (χ2v) is 6.21. The molecule has 0 radical (unpaired) electrons. The third-order valence-corrected chi connectivity index (χ3v) is 4.29. The SMILES string of the molecule is Nc1ncc(-c2cc(NCc3ccccc3)nc(N3CCOCC3)n2)cn1. The summed E-state index contributed by atoms with van der Waals surface area (Å²) < 4.78 is 5.44. The van der Waals surface area contributed by atoms with Crippen LogP contribution in [0.25, 0.3) is 11.3 Å². The van der Waals surface area contributed by atoms with Gasteiger partial charge in [-0.1, -0.05) is 30.3 Å². The second kappa shape index (κ2) is 7.96. The van der Waals surface area contributed by atoms with Crippen LogP contribution in [0.3, 0.4) is 0 Å². The molecule has 0 saturated carbocycles. The molecule has 0 bridgehead atoms. The lowest BCUT2D eigenvalue weighted by molar-refractivity contribution is 0.122. The third-order valence-electron chi connectivity index (χ3n) is 4.29. The van der Waals surface area contributed by atoms with Crippen molar-refractivity contribution in [2.75, 3.05) is 42.3 Å². The smallest absolute Gasteiger partial charge is 0.228 e. The molecule has 8 heteroatoms. The minimum absolute atomic E-state index is 0.239. The molecular formula is C19H21N7O. The fraction of sp³-hybridized carbons (Fsp3) is 0.263. The van der Waals surface area contributed by atoms with Crippen LogP contribution in [0.4, 0.5) is 17.7 Å². The van der Waals surface area contributed by atoms with Gasteiger partial charge in [0.1, 0.15) is 5.82 Å². The lowest BCUT2D eigenvalue weighted by atomic mass is 10.2. The van der Waals surface area contributed by atoms with Crippen molar-refractivity contribution >= 4 is 17.7 Å². The van der Waals surface area contributed by atoms with E-state index in [2.05, 4.69) is 32.3 Å². The number of rotatable bonds is 5. The number of morpholine rings is 1. The summed E-state index contributed by atoms with van der Waals surface area (Å²) in [6.07, 6.45) is 3.35. The van der Waals surface area contributed by atoms with Crippen LogP contribution in [0.2, 0.25) is 0 Å². The summed E-state index contributed by atoms with van der Waals surface area (Å²) in [5.41, 5.74) is 8.33. The number of nitrogens with zero attached hydrogens (tertiary/aromatic N) is 5. The van der Waals surface area contributed by atoms with Gasteiger partial charge in [-0.25, -0.2) is 15.0 Å². The lowest BCUT2D eigenvalue weighted by Crippen LogP contribution is -2.37. The lowest BCUT2D eigenvalue weighted by Gasteiger charge is -2.27. The van der Waals surface area contributed by atoms with Crippen molar-refractivity contribution in [2.45, 2.75) is 6.54 Å². The van der Waals surface area contributed by atoms with Crippen LogP contribution in [-0.4, -0.2) is 46.2 Å². The van der Waals surface area contributed by atoms with Gasteiger partial charge in [-0.15, -0.1) is 0 Å². The molecule has 8 nitrogen and oxygen atoms in total. The van der Waals surface area contributed by atoms with Gasteiger partial charge in [-0.2, -0.15) is 4.98 Å². The molecule has 1 aromatic carbocycles. The number of nitrogens with one attached hydrogen (secondary N) is 1. The Morgan fingerprint density at radius 1 is 1.04 bits per heavy atom. The molecule has 1 aliphatic heterocycles. The van der Waals surface area contributed by atoms with Gasteiger partial charge in [-0.05, 0) is 5.56 Å². The van der Waals surface area contributed by atoms with Crippen molar-refractivity contribution in [3.05, 3.63) is 54.4 Å². The zero-order chi connectivity index (χ0) is 18.5. The molecule has 0 atom stereocenters. The molecule has 3 N–H and O–H groups in total. The summed E-state index contributed by atoms with van der Waals surface area (Å²) >= 11 is 0. The molecule has 0 spiro atoms. The van der Waals surface area contributed by atoms with E-state index in [1.54, 1.807) is 12.4 Å². The minimum atomic E-state index is 0.239. The van der Waals surface area contributed by atoms with E-state index in [9.17, 15) is 0 Å². The van der Waals surface area contributed by atoms with Gasteiger partial charge >= 0.3 is 0 Å². The Morgan fingerprint density at radius 2 is 1.78 bits per heavy atom. The van der Waals surface area contributed by atoms with Crippen molar-refractivity contribution in [1.82, 2.24) is 19.9 Å². The Balaban J connectivity index is 1.64. The monoisotopic (exact) mass is 363 g/mol. The van der Waals surface area contributed by atoms with E-state index in [4.69, 9.17) is 20.4 Å². The standard InChI is InChI=1S/C19H21N7O/c20-18-22-12-15(13-23-18)16-10-17(21-11-14-4-2-1-3-5-14)25-19(24-16)26-6-8-27-9-7-26/h1-5,10,12-13H,6-9,11H2,(H2,20,22,23)(H,21,24,25). The van der Waals surface area contributed by atoms with Crippen LogP contribution < -0.4 is 16.0 Å². The van der Waals surface area contributed by atoms with Gasteiger partial charge in [0.2, 0.25) is 11.9 Å². The highest BCUT2D eigenvalue weighted by Crippen LogP contribution is 2.23. The molecule has 2 aromatic heterocycles. The van der Waals surface area contributed by atoms with E-state index in [1.807, 2.05) is 24.3 Å². The minimum Gasteiger partial charge on any atom is -0.378 e. The van der Waals surface area contributed by atoms with Crippen LogP contribution in [-0.2, 0) is 11.3 Å². The summed E-state index contributed by atoms with van der Waals surface area (Å²) in [5, 5.41) is 3.39. The molecule has 0 aliphatic carbocycles. The maximum atomic E-state index is 5.60. The molecule has 0 amide bonds. The third kappa shape index (κ3) is 4.29. The predicted octanol–water partition coefficient (Wildman–Crippen LogP) is 1.96. The fourth-order valence-corrected chi connectivity index (χ4v) is 2.84. The summed E-state index contributed by atoms with van der Waals surface area (Å²) in [7, 11) is 0. The van der Waals surface area contributed by atoms with E-state index in [0.29, 0.717) is 25.7 Å². The summed E-state index contributed by atoms with van der Waals surface area (Å²) in [4.78, 5) is 19.7. The normalized spacial score (nSPS) is 14.1. The van der Waals surface area contributed by atoms with Gasteiger partial charge in [0.25, 0.3) is 0 Å². The number of nitrogens with two attached hydrogens (primary N) is 1. The molecule has 1 aliphatic rings. The van der Waals surface area contributed by atoms with E-state index in [-0.39, 0.29) is 5.95 Å². The molecular weight excluding hydrogens is 342 g/mol. The Morgan fingerprint density at radius 3 is 2.52 bits per heavy atom. The molecule has 3 heterocycles. The first kappa shape index (κ1) is 17.2. The highest BCUT2D eigenvalue weighted by atomic mass is 16.5. The first-order valence-electron chi connectivity index (χ1n) is 8.85. The summed E-state index contributed by atoms with van der Waals surface area (Å²) in [6.45, 7) is 3.55. The van der Waals surface area contributed by atoms with E-state index in [0.717, 1.165) is 30.2 Å². The quantitative estimate of drug-likeness (QED) is 0.709. The van der Waals surface area contributed by atoms with Crippen LogP contribution >= 0.6 is 0 Å². The van der Waals surface area contributed by atoms with E-state index >= 15 is 0 Å². The molecule has 27 heavy (non-hydrogen) atoms. The number of nitrogen functional groups attached to an aromatic ring is 1. The van der Waals surface area contributed by atoms with Crippen molar-refractivity contribution in [3.8, 4) is 11.3 Å². The average molecular weight is 363 g/mol. The van der Waals surface area contributed by atoms with Crippen LogP contribution in [0.5, 0.6) is 0 Å². The summed E-state index contributed by atoms with van der Waals surface area (Å²) in [6, 6.07) is 12.1. The van der Waals surface area contributed by atoms with Gasteiger partial charge in [0.15, 0.2) is 0 Å². The van der Waals surface area contributed by atoms with Crippen molar-refractivity contribution in [3.63, 3.8) is 0 Å². The van der Waals surface area contributed by atoms with Gasteiger partial charge in [0.05, 0.1) is 18.9 Å². The topological polar surface area (TPSA) is 102 Å². The highest BCUT2D eigenvalue weighted by molar-refractivity contribution is 5.63. The number of benzene rings is 1. The number of hydrogen-bond acceptors (Lipinski definition) is 8. The maximum absolute atomic E-state index is 5.60. The van der Waals surface area contributed by atoms with E-state index < -0.39 is 0 Å². The Bertz CT molecular complexity index is 880. The van der Waals surface area contributed by atoms with Crippen LogP contribution in [0.15, 0.2) is 48.8 Å². The van der Waals surface area contributed by atoms with Crippen LogP contribution in [0.1, 0.15) is 5.56 Å². The molecule has 0 unspecified atom stereocenters. The van der Waals surface area contributed by atoms with Crippen molar-refractivity contribution in [2.24, 2.45) is 0 Å². The van der Waals surface area contributed by atoms with Crippen LogP contribution in [0, 0.1) is 0 Å².